The van der Waals surface area contributed by atoms with E-state index in [0.717, 1.165) is 18.1 Å². The maximum Gasteiger partial charge on any atom is 0.136 e. The van der Waals surface area contributed by atoms with E-state index in [4.69, 9.17) is 4.98 Å². The smallest absolute Gasteiger partial charge is 0.136 e. The van der Waals surface area contributed by atoms with E-state index < -0.39 is 0 Å². The second-order valence-corrected chi connectivity index (χ2v) is 5.93. The van der Waals surface area contributed by atoms with Gasteiger partial charge in [-0.25, -0.2) is 9.97 Å². The second kappa shape index (κ2) is 4.44. The zero-order valence-electron chi connectivity index (χ0n) is 10.7. The molecule has 0 spiro atoms. The number of hydrogen-bond donors (Lipinski definition) is 1. The highest BCUT2D eigenvalue weighted by molar-refractivity contribution is 7.13. The SMILES string of the molecule is CNCC1(c2nccc(-c3sccc3C)n2)CC1. The highest BCUT2D eigenvalue weighted by Crippen LogP contribution is 2.46. The van der Waals surface area contributed by atoms with E-state index >= 15 is 0 Å². The first-order chi connectivity index (χ1) is 8.75. The molecule has 0 radical (unpaired) electrons. The summed E-state index contributed by atoms with van der Waals surface area (Å²) < 4.78 is 0. The number of rotatable bonds is 4. The van der Waals surface area contributed by atoms with Gasteiger partial charge in [-0.05, 0) is 49.9 Å². The summed E-state index contributed by atoms with van der Waals surface area (Å²) in [4.78, 5) is 10.5. The molecule has 3 rings (SSSR count). The Morgan fingerprint density at radius 2 is 2.22 bits per heavy atom. The van der Waals surface area contributed by atoms with E-state index in [2.05, 4.69) is 28.7 Å². The highest BCUT2D eigenvalue weighted by atomic mass is 32.1. The summed E-state index contributed by atoms with van der Waals surface area (Å²) in [5.74, 6) is 1.00. The van der Waals surface area contributed by atoms with Gasteiger partial charge in [0.2, 0.25) is 0 Å². The lowest BCUT2D eigenvalue weighted by atomic mass is 10.1. The Balaban J connectivity index is 1.98. The minimum atomic E-state index is 0.190. The molecule has 0 aliphatic heterocycles. The monoisotopic (exact) mass is 259 g/mol. The van der Waals surface area contributed by atoms with Gasteiger partial charge in [0.1, 0.15) is 5.82 Å². The molecule has 0 saturated heterocycles. The Kier molecular flexibility index (Phi) is 2.92. The summed E-state index contributed by atoms with van der Waals surface area (Å²) in [7, 11) is 1.99. The average Bonchev–Trinajstić information content (AvgIpc) is 3.05. The lowest BCUT2D eigenvalue weighted by molar-refractivity contribution is 0.588. The first-order valence-electron chi connectivity index (χ1n) is 6.28. The Morgan fingerprint density at radius 3 is 2.83 bits per heavy atom. The molecule has 2 aromatic rings. The van der Waals surface area contributed by atoms with E-state index in [0.29, 0.717) is 0 Å². The number of nitrogens with zero attached hydrogens (tertiary/aromatic N) is 2. The van der Waals surface area contributed by atoms with Crippen LogP contribution in [0.25, 0.3) is 10.6 Å². The third-order valence-corrected chi connectivity index (χ3v) is 4.63. The molecule has 18 heavy (non-hydrogen) atoms. The summed E-state index contributed by atoms with van der Waals surface area (Å²) in [6.07, 6.45) is 4.29. The van der Waals surface area contributed by atoms with Crippen molar-refractivity contribution >= 4 is 11.3 Å². The Bertz CT molecular complexity index is 558. The molecule has 0 aromatic carbocycles. The van der Waals surface area contributed by atoms with Crippen molar-refractivity contribution < 1.29 is 0 Å². The molecule has 1 aliphatic rings. The molecule has 3 nitrogen and oxygen atoms in total. The van der Waals surface area contributed by atoms with Crippen LogP contribution in [0.3, 0.4) is 0 Å². The molecule has 1 fully saturated rings. The molecule has 94 valence electrons. The summed E-state index contributed by atoms with van der Waals surface area (Å²) in [6.45, 7) is 3.11. The highest BCUT2D eigenvalue weighted by Gasteiger charge is 2.46. The predicted molar refractivity (Wildman–Crippen MR) is 74.9 cm³/mol. The van der Waals surface area contributed by atoms with Crippen molar-refractivity contribution in [3.63, 3.8) is 0 Å². The van der Waals surface area contributed by atoms with Gasteiger partial charge in [-0.3, -0.25) is 0 Å². The van der Waals surface area contributed by atoms with Crippen LogP contribution in [0.5, 0.6) is 0 Å². The summed E-state index contributed by atoms with van der Waals surface area (Å²) >= 11 is 1.75. The van der Waals surface area contributed by atoms with Crippen molar-refractivity contribution in [1.29, 1.82) is 0 Å². The van der Waals surface area contributed by atoms with Gasteiger partial charge in [0.15, 0.2) is 0 Å². The van der Waals surface area contributed by atoms with Gasteiger partial charge in [0.25, 0.3) is 0 Å². The van der Waals surface area contributed by atoms with Crippen LogP contribution in [0.2, 0.25) is 0 Å². The van der Waals surface area contributed by atoms with Crippen LogP contribution < -0.4 is 5.32 Å². The van der Waals surface area contributed by atoms with E-state index in [-0.39, 0.29) is 5.41 Å². The molecule has 1 saturated carbocycles. The third kappa shape index (κ3) is 1.95. The van der Waals surface area contributed by atoms with Crippen molar-refractivity contribution in [2.75, 3.05) is 13.6 Å². The first-order valence-corrected chi connectivity index (χ1v) is 7.16. The van der Waals surface area contributed by atoms with Crippen molar-refractivity contribution in [1.82, 2.24) is 15.3 Å². The first kappa shape index (κ1) is 11.8. The Labute approximate surface area is 111 Å². The molecule has 0 atom stereocenters. The van der Waals surface area contributed by atoms with Crippen LogP contribution in [0, 0.1) is 6.92 Å². The minimum Gasteiger partial charge on any atom is -0.319 e. The quantitative estimate of drug-likeness (QED) is 0.917. The molecule has 4 heteroatoms. The summed E-state index contributed by atoms with van der Waals surface area (Å²) in [6, 6.07) is 4.15. The van der Waals surface area contributed by atoms with Crippen molar-refractivity contribution in [3.05, 3.63) is 35.1 Å². The summed E-state index contributed by atoms with van der Waals surface area (Å²) in [5, 5.41) is 5.38. The molecule has 0 amide bonds. The number of thiophene rings is 1. The van der Waals surface area contributed by atoms with E-state index in [1.165, 1.54) is 23.3 Å². The van der Waals surface area contributed by atoms with Gasteiger partial charge in [0.05, 0.1) is 10.6 Å². The fourth-order valence-electron chi connectivity index (χ4n) is 2.34. The van der Waals surface area contributed by atoms with Crippen molar-refractivity contribution in [2.24, 2.45) is 0 Å². The minimum absolute atomic E-state index is 0.190. The number of aryl methyl sites for hydroxylation is 1. The Morgan fingerprint density at radius 1 is 1.39 bits per heavy atom. The topological polar surface area (TPSA) is 37.8 Å². The predicted octanol–water partition coefficient (Wildman–Crippen LogP) is 2.76. The van der Waals surface area contributed by atoms with Crippen LogP contribution >= 0.6 is 11.3 Å². The zero-order chi connectivity index (χ0) is 12.6. The number of likely N-dealkylation sites (N-methyl/N-ethyl adjacent to an activating group) is 1. The fraction of sp³-hybridized carbons (Fsp3) is 0.429. The lowest BCUT2D eigenvalue weighted by Crippen LogP contribution is -2.25. The zero-order valence-corrected chi connectivity index (χ0v) is 11.5. The molecule has 0 bridgehead atoms. The van der Waals surface area contributed by atoms with Crippen molar-refractivity contribution in [2.45, 2.75) is 25.2 Å². The fourth-order valence-corrected chi connectivity index (χ4v) is 3.24. The maximum absolute atomic E-state index is 4.79. The third-order valence-electron chi connectivity index (χ3n) is 3.59. The maximum atomic E-state index is 4.79. The van der Waals surface area contributed by atoms with Crippen molar-refractivity contribution in [3.8, 4) is 10.6 Å². The molecule has 2 aromatic heterocycles. The molecular weight excluding hydrogens is 242 g/mol. The summed E-state index contributed by atoms with van der Waals surface area (Å²) in [5.41, 5.74) is 2.55. The second-order valence-electron chi connectivity index (χ2n) is 5.01. The molecule has 0 unspecified atom stereocenters. The van der Waals surface area contributed by atoms with Crippen LogP contribution in [-0.2, 0) is 5.41 Å². The molecule has 2 heterocycles. The van der Waals surface area contributed by atoms with E-state index in [9.17, 15) is 0 Å². The lowest BCUT2D eigenvalue weighted by Gasteiger charge is -2.13. The standard InChI is InChI=1S/C14H17N3S/c1-10-4-8-18-12(10)11-3-7-16-13(17-11)14(5-6-14)9-15-2/h3-4,7-8,15H,5-6,9H2,1-2H3. The van der Waals surface area contributed by atoms with Gasteiger partial charge in [-0.1, -0.05) is 0 Å². The number of nitrogens with one attached hydrogen (secondary N) is 1. The van der Waals surface area contributed by atoms with Gasteiger partial charge >= 0.3 is 0 Å². The van der Waals surface area contributed by atoms with E-state index in [1.807, 2.05) is 19.3 Å². The van der Waals surface area contributed by atoms with Gasteiger partial charge in [0, 0.05) is 18.2 Å². The van der Waals surface area contributed by atoms with Crippen LogP contribution in [0.1, 0.15) is 24.2 Å². The largest absolute Gasteiger partial charge is 0.319 e. The van der Waals surface area contributed by atoms with Gasteiger partial charge in [-0.2, -0.15) is 0 Å². The van der Waals surface area contributed by atoms with Gasteiger partial charge in [-0.15, -0.1) is 11.3 Å². The normalized spacial score (nSPS) is 16.8. The number of hydrogen-bond acceptors (Lipinski definition) is 4. The molecule has 1 N–H and O–H groups in total. The van der Waals surface area contributed by atoms with Gasteiger partial charge < -0.3 is 5.32 Å². The Hall–Kier alpha value is -1.26. The van der Waals surface area contributed by atoms with Crippen LogP contribution in [0.15, 0.2) is 23.7 Å². The molecule has 1 aliphatic carbocycles. The average molecular weight is 259 g/mol. The number of aromatic nitrogens is 2. The molecular formula is C14H17N3S. The van der Waals surface area contributed by atoms with Crippen LogP contribution in [-0.4, -0.2) is 23.6 Å². The van der Waals surface area contributed by atoms with E-state index in [1.54, 1.807) is 11.3 Å². The van der Waals surface area contributed by atoms with Crippen LogP contribution in [0.4, 0.5) is 0 Å².